The molecule has 114 valence electrons. The maximum absolute atomic E-state index is 12.5. The number of ether oxygens (including phenoxy) is 1. The van der Waals surface area contributed by atoms with Crippen molar-refractivity contribution in [3.8, 4) is 5.75 Å². The average molecular weight is 307 g/mol. The largest absolute Gasteiger partial charge is 0.486 e. The third-order valence-corrected chi connectivity index (χ3v) is 3.16. The van der Waals surface area contributed by atoms with Gasteiger partial charge in [0.05, 0.1) is 5.56 Å². The highest BCUT2D eigenvalue weighted by atomic mass is 19.4. The topological polar surface area (TPSA) is 48.4 Å². The van der Waals surface area contributed by atoms with Crippen molar-refractivity contribution in [2.75, 3.05) is 5.73 Å². The predicted octanol–water partition coefficient (Wildman–Crippen LogP) is 4.61. The van der Waals surface area contributed by atoms with Gasteiger partial charge in [-0.25, -0.2) is 0 Å². The first-order valence-corrected chi connectivity index (χ1v) is 6.50. The summed E-state index contributed by atoms with van der Waals surface area (Å²) in [4.78, 5) is 0. The molecule has 0 aliphatic carbocycles. The van der Waals surface area contributed by atoms with Crippen molar-refractivity contribution in [2.45, 2.75) is 12.8 Å². The van der Waals surface area contributed by atoms with E-state index in [0.29, 0.717) is 22.8 Å². The first-order chi connectivity index (χ1) is 10.4. The summed E-state index contributed by atoms with van der Waals surface area (Å²) < 4.78 is 48.4. The van der Waals surface area contributed by atoms with Crippen molar-refractivity contribution in [2.24, 2.45) is 0 Å². The van der Waals surface area contributed by atoms with Crippen LogP contribution in [-0.2, 0) is 12.8 Å². The van der Waals surface area contributed by atoms with Crippen LogP contribution in [0, 0.1) is 0 Å². The lowest BCUT2D eigenvalue weighted by atomic mass is 10.2. The Morgan fingerprint density at radius 1 is 1.00 bits per heavy atom. The highest BCUT2D eigenvalue weighted by molar-refractivity contribution is 5.81. The Bertz CT molecular complexity index is 791. The predicted molar refractivity (Wildman–Crippen MR) is 76.4 cm³/mol. The van der Waals surface area contributed by atoms with Crippen LogP contribution < -0.4 is 10.5 Å². The molecular weight excluding hydrogens is 295 g/mol. The maximum atomic E-state index is 12.5. The lowest BCUT2D eigenvalue weighted by Gasteiger charge is -2.08. The summed E-state index contributed by atoms with van der Waals surface area (Å²) in [5, 5.41) is 0.889. The fourth-order valence-electron chi connectivity index (χ4n) is 2.07. The van der Waals surface area contributed by atoms with Crippen LogP contribution in [0.2, 0.25) is 0 Å². The first-order valence-electron chi connectivity index (χ1n) is 6.50. The molecule has 0 radical (unpaired) electrons. The van der Waals surface area contributed by atoms with Gasteiger partial charge in [-0.1, -0.05) is 0 Å². The number of nitrogen functional groups attached to an aromatic ring is 1. The van der Waals surface area contributed by atoms with E-state index in [1.54, 1.807) is 18.2 Å². The number of anilines is 1. The Morgan fingerprint density at radius 2 is 1.73 bits per heavy atom. The molecule has 3 aromatic rings. The molecule has 0 bridgehead atoms. The van der Waals surface area contributed by atoms with Gasteiger partial charge >= 0.3 is 6.18 Å². The summed E-state index contributed by atoms with van der Waals surface area (Å²) >= 11 is 0. The lowest BCUT2D eigenvalue weighted by molar-refractivity contribution is -0.137. The van der Waals surface area contributed by atoms with Crippen LogP contribution in [0.25, 0.3) is 11.0 Å². The van der Waals surface area contributed by atoms with E-state index in [4.69, 9.17) is 14.9 Å². The average Bonchev–Trinajstić information content (AvgIpc) is 2.86. The van der Waals surface area contributed by atoms with E-state index in [9.17, 15) is 13.2 Å². The van der Waals surface area contributed by atoms with E-state index < -0.39 is 11.7 Å². The van der Waals surface area contributed by atoms with Crippen LogP contribution in [0.15, 0.2) is 52.9 Å². The van der Waals surface area contributed by atoms with Gasteiger partial charge in [-0.15, -0.1) is 0 Å². The summed E-state index contributed by atoms with van der Waals surface area (Å²) in [5.74, 6) is 0.911. The summed E-state index contributed by atoms with van der Waals surface area (Å²) in [5.41, 5.74) is 6.19. The molecule has 3 rings (SSSR count). The van der Waals surface area contributed by atoms with Crippen LogP contribution in [0.5, 0.6) is 5.75 Å². The van der Waals surface area contributed by atoms with Gasteiger partial charge in [0, 0.05) is 17.1 Å². The van der Waals surface area contributed by atoms with Gasteiger partial charge < -0.3 is 14.9 Å². The number of furan rings is 1. The van der Waals surface area contributed by atoms with Crippen molar-refractivity contribution in [3.63, 3.8) is 0 Å². The number of benzene rings is 2. The Labute approximate surface area is 124 Å². The Morgan fingerprint density at radius 3 is 2.41 bits per heavy atom. The number of alkyl halides is 3. The maximum Gasteiger partial charge on any atom is 0.416 e. The summed E-state index contributed by atoms with van der Waals surface area (Å²) in [7, 11) is 0. The van der Waals surface area contributed by atoms with Crippen molar-refractivity contribution < 1.29 is 22.3 Å². The standard InChI is InChI=1S/C16H12F3NO2/c17-16(18,19)11-2-5-13(6-3-11)21-9-14-7-10-1-4-12(20)8-15(10)22-14/h1-8H,9,20H2. The second kappa shape index (κ2) is 5.29. The van der Waals surface area contributed by atoms with Crippen molar-refractivity contribution in [1.82, 2.24) is 0 Å². The second-order valence-electron chi connectivity index (χ2n) is 4.82. The number of hydrogen-bond donors (Lipinski definition) is 1. The van der Waals surface area contributed by atoms with Crippen molar-refractivity contribution in [3.05, 3.63) is 59.9 Å². The summed E-state index contributed by atoms with van der Waals surface area (Å²) in [6.45, 7) is 0.125. The molecule has 0 aliphatic heterocycles. The Hall–Kier alpha value is -2.63. The number of nitrogens with two attached hydrogens (primary N) is 1. The van der Waals surface area contributed by atoms with Crippen molar-refractivity contribution in [1.29, 1.82) is 0 Å². The summed E-state index contributed by atoms with van der Waals surface area (Å²) in [6.07, 6.45) is -4.35. The fraction of sp³-hybridized carbons (Fsp3) is 0.125. The highest BCUT2D eigenvalue weighted by Crippen LogP contribution is 2.30. The van der Waals surface area contributed by atoms with Gasteiger partial charge in [0.2, 0.25) is 0 Å². The quantitative estimate of drug-likeness (QED) is 0.719. The van der Waals surface area contributed by atoms with Gasteiger partial charge in [-0.05, 0) is 42.5 Å². The van der Waals surface area contributed by atoms with Crippen LogP contribution in [-0.4, -0.2) is 0 Å². The van der Waals surface area contributed by atoms with Crippen molar-refractivity contribution >= 4 is 16.7 Å². The molecule has 0 saturated heterocycles. The zero-order chi connectivity index (χ0) is 15.7. The van der Waals surface area contributed by atoms with E-state index >= 15 is 0 Å². The van der Waals surface area contributed by atoms with E-state index in [-0.39, 0.29) is 6.61 Å². The number of hydrogen-bond acceptors (Lipinski definition) is 3. The smallest absolute Gasteiger partial charge is 0.416 e. The highest BCUT2D eigenvalue weighted by Gasteiger charge is 2.30. The normalized spacial score (nSPS) is 11.8. The van der Waals surface area contributed by atoms with Gasteiger partial charge in [-0.3, -0.25) is 0 Å². The lowest BCUT2D eigenvalue weighted by Crippen LogP contribution is -2.04. The number of halogens is 3. The van der Waals surface area contributed by atoms with Gasteiger partial charge in [0.15, 0.2) is 0 Å². The number of fused-ring (bicyclic) bond motifs is 1. The van der Waals surface area contributed by atoms with Gasteiger partial charge in [0.25, 0.3) is 0 Å². The minimum atomic E-state index is -4.35. The van der Waals surface area contributed by atoms with E-state index in [2.05, 4.69) is 0 Å². The zero-order valence-corrected chi connectivity index (χ0v) is 11.4. The number of rotatable bonds is 3. The third-order valence-electron chi connectivity index (χ3n) is 3.16. The molecule has 0 aliphatic rings. The second-order valence-corrected chi connectivity index (χ2v) is 4.82. The minimum Gasteiger partial charge on any atom is -0.486 e. The zero-order valence-electron chi connectivity index (χ0n) is 11.4. The van der Waals surface area contributed by atoms with Crippen LogP contribution >= 0.6 is 0 Å². The third kappa shape index (κ3) is 3.00. The van der Waals surface area contributed by atoms with Crippen LogP contribution in [0.4, 0.5) is 18.9 Å². The molecule has 0 spiro atoms. The molecule has 6 heteroatoms. The molecular formula is C16H12F3NO2. The Balaban J connectivity index is 1.71. The van der Waals surface area contributed by atoms with E-state index in [1.807, 2.05) is 6.07 Å². The summed E-state index contributed by atoms with van der Waals surface area (Å²) in [6, 6.07) is 11.6. The molecule has 0 unspecified atom stereocenters. The molecule has 2 aromatic carbocycles. The molecule has 0 fully saturated rings. The van der Waals surface area contributed by atoms with E-state index in [1.165, 1.54) is 12.1 Å². The van der Waals surface area contributed by atoms with Crippen LogP contribution in [0.3, 0.4) is 0 Å². The van der Waals surface area contributed by atoms with E-state index in [0.717, 1.165) is 17.5 Å². The molecule has 22 heavy (non-hydrogen) atoms. The molecule has 1 heterocycles. The molecule has 3 nitrogen and oxygen atoms in total. The minimum absolute atomic E-state index is 0.125. The van der Waals surface area contributed by atoms with Gasteiger partial charge in [0.1, 0.15) is 23.7 Å². The molecule has 0 amide bonds. The van der Waals surface area contributed by atoms with Gasteiger partial charge in [-0.2, -0.15) is 13.2 Å². The fourth-order valence-corrected chi connectivity index (χ4v) is 2.07. The molecule has 0 saturated carbocycles. The molecule has 0 atom stereocenters. The Kier molecular flexibility index (Phi) is 3.44. The molecule has 2 N–H and O–H groups in total. The molecule has 1 aromatic heterocycles. The van der Waals surface area contributed by atoms with Crippen LogP contribution in [0.1, 0.15) is 11.3 Å². The SMILES string of the molecule is Nc1ccc2cc(COc3ccc(C(F)(F)F)cc3)oc2c1. The monoisotopic (exact) mass is 307 g/mol. The first kappa shape index (κ1) is 14.3.